The van der Waals surface area contributed by atoms with Crippen molar-refractivity contribution in [2.45, 2.75) is 26.3 Å². The number of nitrogens with zero attached hydrogens (tertiary/aromatic N) is 1. The highest BCUT2D eigenvalue weighted by Crippen LogP contribution is 1.97. The molecule has 5 heteroatoms. The lowest BCUT2D eigenvalue weighted by Gasteiger charge is -2.08. The first kappa shape index (κ1) is 10.7. The van der Waals surface area contributed by atoms with Crippen molar-refractivity contribution < 1.29 is 4.79 Å². The molecular weight excluding hydrogens is 180 g/mol. The average Bonchev–Trinajstić information content (AvgIpc) is 2.60. The van der Waals surface area contributed by atoms with Gasteiger partial charge in [-0.15, -0.1) is 0 Å². The van der Waals surface area contributed by atoms with E-state index in [4.69, 9.17) is 5.73 Å². The number of aryl methyl sites for hydroxylation is 1. The monoisotopic (exact) mass is 196 g/mol. The maximum Gasteiger partial charge on any atom is 0.271 e. The van der Waals surface area contributed by atoms with E-state index in [1.54, 1.807) is 6.07 Å². The molecule has 1 aromatic heterocycles. The van der Waals surface area contributed by atoms with Gasteiger partial charge in [-0.2, -0.15) is 5.10 Å². The first-order valence-corrected chi connectivity index (χ1v) is 4.69. The van der Waals surface area contributed by atoms with E-state index < -0.39 is 0 Å². The number of nitrogens with two attached hydrogens (primary N) is 1. The Labute approximate surface area is 83.1 Å². The maximum atomic E-state index is 11.4. The number of hydrogen-bond donors (Lipinski definition) is 3. The molecular formula is C9H16N4O. The Kier molecular flexibility index (Phi) is 3.64. The topological polar surface area (TPSA) is 83.8 Å². The molecule has 0 aliphatic heterocycles. The average molecular weight is 196 g/mol. The van der Waals surface area contributed by atoms with Crippen molar-refractivity contribution in [3.63, 3.8) is 0 Å². The molecule has 1 amide bonds. The van der Waals surface area contributed by atoms with Gasteiger partial charge in [0.15, 0.2) is 0 Å². The third-order valence-corrected chi connectivity index (χ3v) is 1.99. The minimum atomic E-state index is -0.182. The maximum absolute atomic E-state index is 11.4. The summed E-state index contributed by atoms with van der Waals surface area (Å²) in [5.74, 6) is -0.182. The van der Waals surface area contributed by atoms with E-state index in [1.807, 2.05) is 13.8 Å². The highest BCUT2D eigenvalue weighted by Gasteiger charge is 2.09. The molecule has 0 aromatic carbocycles. The summed E-state index contributed by atoms with van der Waals surface area (Å²) in [6.07, 6.45) is 0.847. The summed E-state index contributed by atoms with van der Waals surface area (Å²) in [5.41, 5.74) is 6.94. The van der Waals surface area contributed by atoms with Crippen LogP contribution in [-0.4, -0.2) is 28.7 Å². The Balaban J connectivity index is 2.43. The number of aromatic amines is 1. The molecule has 78 valence electrons. The molecule has 0 radical (unpaired) electrons. The SMILES string of the molecule is CCC(N)CNC(=O)c1cc(C)[nH]n1. The zero-order valence-corrected chi connectivity index (χ0v) is 8.50. The second kappa shape index (κ2) is 4.76. The fraction of sp³-hybridized carbons (Fsp3) is 0.556. The second-order valence-corrected chi connectivity index (χ2v) is 3.31. The molecule has 0 bridgehead atoms. The zero-order chi connectivity index (χ0) is 10.6. The van der Waals surface area contributed by atoms with Crippen LogP contribution >= 0.6 is 0 Å². The van der Waals surface area contributed by atoms with Crippen molar-refractivity contribution in [2.24, 2.45) is 5.73 Å². The third kappa shape index (κ3) is 2.85. The standard InChI is InChI=1S/C9H16N4O/c1-3-7(10)5-11-9(14)8-4-6(2)12-13-8/h4,7H,3,5,10H2,1-2H3,(H,11,14)(H,12,13). The van der Waals surface area contributed by atoms with Gasteiger partial charge in [0.05, 0.1) is 0 Å². The summed E-state index contributed by atoms with van der Waals surface area (Å²) >= 11 is 0. The zero-order valence-electron chi connectivity index (χ0n) is 8.50. The van der Waals surface area contributed by atoms with Gasteiger partial charge in [-0.3, -0.25) is 9.89 Å². The predicted octanol–water partition coefficient (Wildman–Crippen LogP) is 0.185. The Hall–Kier alpha value is -1.36. The van der Waals surface area contributed by atoms with Gasteiger partial charge in [-0.05, 0) is 19.4 Å². The van der Waals surface area contributed by atoms with E-state index in [-0.39, 0.29) is 11.9 Å². The smallest absolute Gasteiger partial charge is 0.271 e. The van der Waals surface area contributed by atoms with E-state index in [0.717, 1.165) is 12.1 Å². The predicted molar refractivity (Wildman–Crippen MR) is 53.9 cm³/mol. The van der Waals surface area contributed by atoms with E-state index in [2.05, 4.69) is 15.5 Å². The van der Waals surface area contributed by atoms with Crippen molar-refractivity contribution in [3.8, 4) is 0 Å². The summed E-state index contributed by atoms with van der Waals surface area (Å²) in [5, 5.41) is 9.27. The summed E-state index contributed by atoms with van der Waals surface area (Å²) in [4.78, 5) is 11.4. The van der Waals surface area contributed by atoms with E-state index in [1.165, 1.54) is 0 Å². The first-order valence-electron chi connectivity index (χ1n) is 4.69. The molecule has 1 aromatic rings. The molecule has 1 heterocycles. The van der Waals surface area contributed by atoms with Crippen molar-refractivity contribution in [1.82, 2.24) is 15.5 Å². The van der Waals surface area contributed by atoms with Crippen LogP contribution in [-0.2, 0) is 0 Å². The number of amides is 1. The molecule has 14 heavy (non-hydrogen) atoms. The van der Waals surface area contributed by atoms with Crippen LogP contribution in [0.15, 0.2) is 6.07 Å². The molecule has 0 saturated heterocycles. The number of H-pyrrole nitrogens is 1. The van der Waals surface area contributed by atoms with Crippen molar-refractivity contribution in [1.29, 1.82) is 0 Å². The molecule has 0 saturated carbocycles. The Bertz CT molecular complexity index is 308. The van der Waals surface area contributed by atoms with Gasteiger partial charge in [0.1, 0.15) is 5.69 Å². The summed E-state index contributed by atoms with van der Waals surface area (Å²) in [7, 11) is 0. The Morgan fingerprint density at radius 1 is 1.79 bits per heavy atom. The van der Waals surface area contributed by atoms with Crippen LogP contribution in [0.3, 0.4) is 0 Å². The van der Waals surface area contributed by atoms with Crippen molar-refractivity contribution >= 4 is 5.91 Å². The molecule has 0 spiro atoms. The number of hydrogen-bond acceptors (Lipinski definition) is 3. The molecule has 5 nitrogen and oxygen atoms in total. The van der Waals surface area contributed by atoms with Gasteiger partial charge in [0.2, 0.25) is 0 Å². The van der Waals surface area contributed by atoms with Crippen molar-refractivity contribution in [2.75, 3.05) is 6.54 Å². The highest BCUT2D eigenvalue weighted by molar-refractivity contribution is 5.92. The van der Waals surface area contributed by atoms with E-state index >= 15 is 0 Å². The van der Waals surface area contributed by atoms with E-state index in [9.17, 15) is 4.79 Å². The van der Waals surface area contributed by atoms with E-state index in [0.29, 0.717) is 12.2 Å². The fourth-order valence-electron chi connectivity index (χ4n) is 0.993. The van der Waals surface area contributed by atoms with Gasteiger partial charge >= 0.3 is 0 Å². The molecule has 1 unspecified atom stereocenters. The lowest BCUT2D eigenvalue weighted by atomic mass is 10.2. The highest BCUT2D eigenvalue weighted by atomic mass is 16.1. The minimum Gasteiger partial charge on any atom is -0.349 e. The first-order chi connectivity index (χ1) is 6.63. The number of rotatable bonds is 4. The fourth-order valence-corrected chi connectivity index (χ4v) is 0.993. The van der Waals surface area contributed by atoms with Crippen LogP contribution in [0.25, 0.3) is 0 Å². The van der Waals surface area contributed by atoms with Crippen LogP contribution in [0.1, 0.15) is 29.5 Å². The van der Waals surface area contributed by atoms with Crippen LogP contribution in [0.2, 0.25) is 0 Å². The number of carbonyl (C=O) groups is 1. The largest absolute Gasteiger partial charge is 0.349 e. The normalized spacial score (nSPS) is 12.5. The van der Waals surface area contributed by atoms with Gasteiger partial charge in [-0.1, -0.05) is 6.92 Å². The molecule has 0 aliphatic rings. The second-order valence-electron chi connectivity index (χ2n) is 3.31. The molecule has 1 atom stereocenters. The number of aromatic nitrogens is 2. The lowest BCUT2D eigenvalue weighted by molar-refractivity contribution is 0.0946. The molecule has 0 fully saturated rings. The van der Waals surface area contributed by atoms with Crippen LogP contribution < -0.4 is 11.1 Å². The van der Waals surface area contributed by atoms with Crippen LogP contribution in [0.4, 0.5) is 0 Å². The van der Waals surface area contributed by atoms with Crippen molar-refractivity contribution in [3.05, 3.63) is 17.5 Å². The van der Waals surface area contributed by atoms with Crippen LogP contribution in [0, 0.1) is 6.92 Å². The number of nitrogens with one attached hydrogen (secondary N) is 2. The Morgan fingerprint density at radius 2 is 2.50 bits per heavy atom. The quantitative estimate of drug-likeness (QED) is 0.642. The summed E-state index contributed by atoms with van der Waals surface area (Å²) < 4.78 is 0. The van der Waals surface area contributed by atoms with Gasteiger partial charge in [0.25, 0.3) is 5.91 Å². The van der Waals surface area contributed by atoms with Gasteiger partial charge in [-0.25, -0.2) is 0 Å². The summed E-state index contributed by atoms with van der Waals surface area (Å²) in [6, 6.07) is 1.71. The van der Waals surface area contributed by atoms with Gasteiger partial charge in [0, 0.05) is 18.3 Å². The minimum absolute atomic E-state index is 0.0130. The Morgan fingerprint density at radius 3 is 3.00 bits per heavy atom. The van der Waals surface area contributed by atoms with Crippen LogP contribution in [0.5, 0.6) is 0 Å². The van der Waals surface area contributed by atoms with Gasteiger partial charge < -0.3 is 11.1 Å². The molecule has 0 aliphatic carbocycles. The number of carbonyl (C=O) groups excluding carboxylic acids is 1. The lowest BCUT2D eigenvalue weighted by Crippen LogP contribution is -2.36. The third-order valence-electron chi connectivity index (χ3n) is 1.99. The summed E-state index contributed by atoms with van der Waals surface area (Å²) in [6.45, 7) is 4.32. The molecule has 1 rings (SSSR count). The molecule has 4 N–H and O–H groups in total.